The molecule has 1 rings (SSSR count). The molecule has 0 fully saturated rings. The average molecular weight is 237 g/mol. The molecule has 0 aliphatic rings. The standard InChI is InChI=1S/C13H19NO3/c1-10(15)11-5-6-12(16-4)13(9-11)17-8-7-14(2)3/h5-6,9H,7-8H2,1-4H3. The van der Waals surface area contributed by atoms with Crippen LogP contribution in [0.2, 0.25) is 0 Å². The van der Waals surface area contributed by atoms with E-state index in [1.807, 2.05) is 19.0 Å². The SMILES string of the molecule is COc1ccc(C(C)=O)cc1OCCN(C)C. The van der Waals surface area contributed by atoms with E-state index in [4.69, 9.17) is 9.47 Å². The number of hydrogen-bond acceptors (Lipinski definition) is 4. The van der Waals surface area contributed by atoms with Gasteiger partial charge >= 0.3 is 0 Å². The van der Waals surface area contributed by atoms with E-state index < -0.39 is 0 Å². The number of hydrogen-bond donors (Lipinski definition) is 0. The van der Waals surface area contributed by atoms with Gasteiger partial charge in [0.25, 0.3) is 0 Å². The Bertz CT molecular complexity index is 388. The van der Waals surface area contributed by atoms with Crippen LogP contribution in [0.1, 0.15) is 17.3 Å². The Kier molecular flexibility index (Phi) is 4.97. The van der Waals surface area contributed by atoms with E-state index in [0.29, 0.717) is 23.7 Å². The molecule has 0 spiro atoms. The lowest BCUT2D eigenvalue weighted by Crippen LogP contribution is -2.19. The molecule has 0 unspecified atom stereocenters. The third kappa shape index (κ3) is 4.07. The van der Waals surface area contributed by atoms with Crippen molar-refractivity contribution in [2.45, 2.75) is 6.92 Å². The van der Waals surface area contributed by atoms with E-state index in [1.54, 1.807) is 25.3 Å². The number of carbonyl (C=O) groups excluding carboxylic acids is 1. The molecular formula is C13H19NO3. The van der Waals surface area contributed by atoms with Gasteiger partial charge in [-0.2, -0.15) is 0 Å². The summed E-state index contributed by atoms with van der Waals surface area (Å²) in [6.07, 6.45) is 0. The highest BCUT2D eigenvalue weighted by molar-refractivity contribution is 5.94. The normalized spacial score (nSPS) is 10.4. The molecule has 4 heteroatoms. The summed E-state index contributed by atoms with van der Waals surface area (Å²) >= 11 is 0. The van der Waals surface area contributed by atoms with Crippen LogP contribution in [0.4, 0.5) is 0 Å². The average Bonchev–Trinajstić information content (AvgIpc) is 2.28. The first kappa shape index (κ1) is 13.5. The highest BCUT2D eigenvalue weighted by Gasteiger charge is 2.08. The number of ketones is 1. The molecule has 0 aromatic heterocycles. The van der Waals surface area contributed by atoms with Gasteiger partial charge < -0.3 is 14.4 Å². The molecule has 4 nitrogen and oxygen atoms in total. The fraction of sp³-hybridized carbons (Fsp3) is 0.462. The molecule has 1 aromatic rings. The van der Waals surface area contributed by atoms with Crippen LogP contribution in [-0.4, -0.2) is 45.0 Å². The zero-order valence-corrected chi connectivity index (χ0v) is 10.8. The molecule has 0 radical (unpaired) electrons. The van der Waals surface area contributed by atoms with Crippen LogP contribution >= 0.6 is 0 Å². The third-order valence-corrected chi connectivity index (χ3v) is 2.37. The van der Waals surface area contributed by atoms with E-state index in [9.17, 15) is 4.79 Å². The van der Waals surface area contributed by atoms with Crippen LogP contribution in [0.5, 0.6) is 11.5 Å². The van der Waals surface area contributed by atoms with E-state index in [1.165, 1.54) is 6.92 Å². The number of Topliss-reactive ketones (excluding diaryl/α,β-unsaturated/α-hetero) is 1. The maximum absolute atomic E-state index is 11.3. The van der Waals surface area contributed by atoms with Crippen molar-refractivity contribution in [1.29, 1.82) is 0 Å². The van der Waals surface area contributed by atoms with Crippen molar-refractivity contribution in [3.63, 3.8) is 0 Å². The van der Waals surface area contributed by atoms with Gasteiger partial charge in [0.15, 0.2) is 17.3 Å². The maximum atomic E-state index is 11.3. The molecule has 17 heavy (non-hydrogen) atoms. The molecular weight excluding hydrogens is 218 g/mol. The van der Waals surface area contributed by atoms with E-state index in [-0.39, 0.29) is 5.78 Å². The van der Waals surface area contributed by atoms with Gasteiger partial charge in [0, 0.05) is 12.1 Å². The molecule has 0 saturated heterocycles. The fourth-order valence-electron chi connectivity index (χ4n) is 1.35. The second-order valence-corrected chi connectivity index (χ2v) is 4.07. The van der Waals surface area contributed by atoms with Gasteiger partial charge in [-0.25, -0.2) is 0 Å². The summed E-state index contributed by atoms with van der Waals surface area (Å²) in [6, 6.07) is 5.21. The third-order valence-electron chi connectivity index (χ3n) is 2.37. The zero-order valence-electron chi connectivity index (χ0n) is 10.8. The lowest BCUT2D eigenvalue weighted by atomic mass is 10.1. The van der Waals surface area contributed by atoms with E-state index in [2.05, 4.69) is 0 Å². The summed E-state index contributed by atoms with van der Waals surface area (Å²) in [6.45, 7) is 2.91. The van der Waals surface area contributed by atoms with Gasteiger partial charge in [0.2, 0.25) is 0 Å². The molecule has 0 bridgehead atoms. The first-order chi connectivity index (χ1) is 8.04. The highest BCUT2D eigenvalue weighted by atomic mass is 16.5. The van der Waals surface area contributed by atoms with Gasteiger partial charge in [0.1, 0.15) is 6.61 Å². The number of carbonyl (C=O) groups is 1. The van der Waals surface area contributed by atoms with E-state index in [0.717, 1.165) is 6.54 Å². The number of rotatable bonds is 6. The fourth-order valence-corrected chi connectivity index (χ4v) is 1.35. The second kappa shape index (κ2) is 6.25. The van der Waals surface area contributed by atoms with Crippen LogP contribution in [0.25, 0.3) is 0 Å². The Morgan fingerprint density at radius 3 is 2.53 bits per heavy atom. The van der Waals surface area contributed by atoms with Crippen LogP contribution in [0.15, 0.2) is 18.2 Å². The summed E-state index contributed by atoms with van der Waals surface area (Å²) in [5.41, 5.74) is 0.630. The molecule has 1 aromatic carbocycles. The number of benzene rings is 1. The highest BCUT2D eigenvalue weighted by Crippen LogP contribution is 2.28. The van der Waals surface area contributed by atoms with Crippen LogP contribution in [0, 0.1) is 0 Å². The molecule has 0 atom stereocenters. The van der Waals surface area contributed by atoms with Gasteiger partial charge in [-0.3, -0.25) is 4.79 Å². The van der Waals surface area contributed by atoms with Crippen molar-refractivity contribution in [3.05, 3.63) is 23.8 Å². The van der Waals surface area contributed by atoms with Crippen molar-refractivity contribution in [2.24, 2.45) is 0 Å². The van der Waals surface area contributed by atoms with Gasteiger partial charge in [-0.05, 0) is 39.2 Å². The van der Waals surface area contributed by atoms with Crippen LogP contribution < -0.4 is 9.47 Å². The number of ether oxygens (including phenoxy) is 2. The Hall–Kier alpha value is -1.55. The summed E-state index contributed by atoms with van der Waals surface area (Å²) in [5, 5.41) is 0. The number of methoxy groups -OCH3 is 1. The minimum atomic E-state index is 0.0186. The van der Waals surface area contributed by atoms with Crippen molar-refractivity contribution < 1.29 is 14.3 Å². The Labute approximate surface area is 102 Å². The topological polar surface area (TPSA) is 38.8 Å². The quantitative estimate of drug-likeness (QED) is 0.708. The Balaban J connectivity index is 2.79. The minimum absolute atomic E-state index is 0.0186. The van der Waals surface area contributed by atoms with Gasteiger partial charge in [-0.15, -0.1) is 0 Å². The predicted octanol–water partition coefficient (Wildman–Crippen LogP) is 1.84. The van der Waals surface area contributed by atoms with Crippen molar-refractivity contribution in [1.82, 2.24) is 4.90 Å². The molecule has 0 aliphatic carbocycles. The molecule has 0 N–H and O–H groups in total. The second-order valence-electron chi connectivity index (χ2n) is 4.07. The predicted molar refractivity (Wildman–Crippen MR) is 67.0 cm³/mol. The van der Waals surface area contributed by atoms with Crippen molar-refractivity contribution in [2.75, 3.05) is 34.4 Å². The largest absolute Gasteiger partial charge is 0.493 e. The zero-order chi connectivity index (χ0) is 12.8. The molecule has 0 aliphatic heterocycles. The monoisotopic (exact) mass is 237 g/mol. The number of nitrogens with zero attached hydrogens (tertiary/aromatic N) is 1. The first-order valence-corrected chi connectivity index (χ1v) is 5.51. The van der Waals surface area contributed by atoms with Gasteiger partial charge in [0.05, 0.1) is 7.11 Å². The lowest BCUT2D eigenvalue weighted by Gasteiger charge is -2.14. The van der Waals surface area contributed by atoms with Gasteiger partial charge in [-0.1, -0.05) is 0 Å². The molecule has 94 valence electrons. The molecule has 0 amide bonds. The first-order valence-electron chi connectivity index (χ1n) is 5.51. The number of likely N-dealkylation sites (N-methyl/N-ethyl adjacent to an activating group) is 1. The van der Waals surface area contributed by atoms with Crippen LogP contribution in [0.3, 0.4) is 0 Å². The van der Waals surface area contributed by atoms with E-state index >= 15 is 0 Å². The van der Waals surface area contributed by atoms with Crippen molar-refractivity contribution in [3.8, 4) is 11.5 Å². The summed E-state index contributed by atoms with van der Waals surface area (Å²) in [5.74, 6) is 1.28. The molecule has 0 heterocycles. The smallest absolute Gasteiger partial charge is 0.161 e. The van der Waals surface area contributed by atoms with Crippen LogP contribution in [-0.2, 0) is 0 Å². The Morgan fingerprint density at radius 2 is 2.00 bits per heavy atom. The molecule has 0 saturated carbocycles. The summed E-state index contributed by atoms with van der Waals surface area (Å²) in [4.78, 5) is 13.3. The minimum Gasteiger partial charge on any atom is -0.493 e. The summed E-state index contributed by atoms with van der Waals surface area (Å²) < 4.78 is 10.8. The van der Waals surface area contributed by atoms with Crippen molar-refractivity contribution >= 4 is 5.78 Å². The maximum Gasteiger partial charge on any atom is 0.161 e. The Morgan fingerprint density at radius 1 is 1.29 bits per heavy atom. The summed E-state index contributed by atoms with van der Waals surface area (Å²) in [7, 11) is 5.54. The lowest BCUT2D eigenvalue weighted by molar-refractivity contribution is 0.101.